The van der Waals surface area contributed by atoms with E-state index in [1.165, 1.54) is 6.07 Å². The van der Waals surface area contributed by atoms with Crippen molar-refractivity contribution < 1.29 is 9.18 Å². The van der Waals surface area contributed by atoms with Gasteiger partial charge < -0.3 is 10.2 Å². The van der Waals surface area contributed by atoms with Crippen LogP contribution >= 0.6 is 15.9 Å². The first-order valence-corrected chi connectivity index (χ1v) is 8.25. The average molecular weight is 357 g/mol. The maximum Gasteiger partial charge on any atom is 0.254 e. The van der Waals surface area contributed by atoms with E-state index in [4.69, 9.17) is 0 Å². The molecule has 1 aliphatic heterocycles. The number of halogens is 2. The molecule has 0 aromatic heterocycles. The molecule has 0 aliphatic carbocycles. The molecule has 0 saturated carbocycles. The Morgan fingerprint density at radius 2 is 2.10 bits per heavy atom. The number of hydrogen-bond acceptors (Lipinski definition) is 2. The van der Waals surface area contributed by atoms with E-state index in [9.17, 15) is 9.18 Å². The number of nitrogens with zero attached hydrogens (tertiary/aromatic N) is 1. The molecule has 5 heteroatoms. The molecule has 1 aromatic rings. The lowest BCUT2D eigenvalue weighted by Crippen LogP contribution is -2.43. The number of amides is 1. The maximum atomic E-state index is 13.6. The third kappa shape index (κ3) is 4.27. The van der Waals surface area contributed by atoms with Crippen LogP contribution in [0.25, 0.3) is 0 Å². The first kappa shape index (κ1) is 16.4. The summed E-state index contributed by atoms with van der Waals surface area (Å²) >= 11 is 3.12. The molecule has 1 amide bonds. The number of nitrogens with one attached hydrogen (secondary N) is 1. The maximum absolute atomic E-state index is 13.6. The Balaban J connectivity index is 2.12. The topological polar surface area (TPSA) is 32.3 Å². The summed E-state index contributed by atoms with van der Waals surface area (Å²) in [5, 5.41) is 3.33. The molecule has 0 radical (unpaired) electrons. The Bertz CT molecular complexity index is 501. The van der Waals surface area contributed by atoms with E-state index in [1.54, 1.807) is 12.1 Å². The first-order valence-electron chi connectivity index (χ1n) is 7.45. The van der Waals surface area contributed by atoms with E-state index in [-0.39, 0.29) is 11.9 Å². The quantitative estimate of drug-likeness (QED) is 0.895. The molecule has 2 rings (SSSR count). The number of benzene rings is 1. The van der Waals surface area contributed by atoms with E-state index in [1.807, 2.05) is 18.7 Å². The molecule has 21 heavy (non-hydrogen) atoms. The van der Waals surface area contributed by atoms with Gasteiger partial charge in [0.1, 0.15) is 5.82 Å². The zero-order valence-corrected chi connectivity index (χ0v) is 14.1. The number of piperidine rings is 1. The lowest BCUT2D eigenvalue weighted by molar-refractivity contribution is 0.0657. The molecule has 3 nitrogen and oxygen atoms in total. The van der Waals surface area contributed by atoms with Crippen molar-refractivity contribution in [1.29, 1.82) is 0 Å². The fraction of sp³-hybridized carbons (Fsp3) is 0.562. The third-order valence-corrected chi connectivity index (χ3v) is 4.61. The van der Waals surface area contributed by atoms with E-state index < -0.39 is 5.82 Å². The van der Waals surface area contributed by atoms with Gasteiger partial charge in [0.25, 0.3) is 5.91 Å². The zero-order valence-electron chi connectivity index (χ0n) is 12.5. The molecule has 0 spiro atoms. The van der Waals surface area contributed by atoms with Crippen LogP contribution in [0.15, 0.2) is 22.7 Å². The van der Waals surface area contributed by atoms with Crippen molar-refractivity contribution in [2.75, 3.05) is 19.6 Å². The molecule has 1 heterocycles. The third-order valence-electron chi connectivity index (χ3n) is 3.96. The number of hydrogen-bond donors (Lipinski definition) is 1. The Labute approximate surface area is 134 Å². The van der Waals surface area contributed by atoms with Gasteiger partial charge in [-0.2, -0.15) is 0 Å². The predicted octanol–water partition coefficient (Wildman–Crippen LogP) is 3.44. The monoisotopic (exact) mass is 356 g/mol. The number of carbonyl (C=O) groups excluding carboxylic acids is 1. The standard InChI is InChI=1S/C16H22BrFN2O/c1-11(2)20(10-12-5-7-19-8-6-12)16(21)13-3-4-14(17)15(18)9-13/h3-4,9,11-12,19H,5-8,10H2,1-2H3. The fourth-order valence-corrected chi connectivity index (χ4v) is 2.91. The second-order valence-electron chi connectivity index (χ2n) is 5.87. The van der Waals surface area contributed by atoms with Crippen LogP contribution in [0.4, 0.5) is 4.39 Å². The summed E-state index contributed by atoms with van der Waals surface area (Å²) < 4.78 is 14.0. The Morgan fingerprint density at radius 3 is 2.67 bits per heavy atom. The molecule has 0 bridgehead atoms. The molecule has 1 aromatic carbocycles. The van der Waals surface area contributed by atoms with Gasteiger partial charge in [0, 0.05) is 18.2 Å². The minimum Gasteiger partial charge on any atom is -0.336 e. The van der Waals surface area contributed by atoms with Crippen molar-refractivity contribution >= 4 is 21.8 Å². The first-order chi connectivity index (χ1) is 9.99. The average Bonchev–Trinajstić information content (AvgIpc) is 2.47. The molecule has 0 atom stereocenters. The molecule has 0 unspecified atom stereocenters. The highest BCUT2D eigenvalue weighted by atomic mass is 79.9. The van der Waals surface area contributed by atoms with Crippen LogP contribution < -0.4 is 5.32 Å². The van der Waals surface area contributed by atoms with Gasteiger partial charge in [-0.25, -0.2) is 4.39 Å². The van der Waals surface area contributed by atoms with Gasteiger partial charge in [0.2, 0.25) is 0 Å². The molecule has 1 aliphatic rings. The minimum atomic E-state index is -0.397. The van der Waals surface area contributed by atoms with Crippen LogP contribution in [0, 0.1) is 11.7 Å². The molecular formula is C16H22BrFN2O. The van der Waals surface area contributed by atoms with Crippen LogP contribution in [-0.4, -0.2) is 36.5 Å². The zero-order chi connectivity index (χ0) is 15.4. The number of rotatable bonds is 4. The van der Waals surface area contributed by atoms with Crippen LogP contribution in [0.2, 0.25) is 0 Å². The summed E-state index contributed by atoms with van der Waals surface area (Å²) in [6.45, 7) is 6.79. The van der Waals surface area contributed by atoms with Crippen molar-refractivity contribution in [3.63, 3.8) is 0 Å². The van der Waals surface area contributed by atoms with Gasteiger partial charge in [0.15, 0.2) is 0 Å². The summed E-state index contributed by atoms with van der Waals surface area (Å²) in [6, 6.07) is 4.68. The highest BCUT2D eigenvalue weighted by Crippen LogP contribution is 2.20. The lowest BCUT2D eigenvalue weighted by atomic mass is 9.96. The van der Waals surface area contributed by atoms with E-state index in [0.29, 0.717) is 16.0 Å². The van der Waals surface area contributed by atoms with Crippen molar-refractivity contribution in [2.45, 2.75) is 32.7 Å². The minimum absolute atomic E-state index is 0.0880. The Morgan fingerprint density at radius 1 is 1.43 bits per heavy atom. The van der Waals surface area contributed by atoms with Gasteiger partial charge >= 0.3 is 0 Å². The van der Waals surface area contributed by atoms with Crippen molar-refractivity contribution in [1.82, 2.24) is 10.2 Å². The Kier molecular flexibility index (Phi) is 5.76. The second-order valence-corrected chi connectivity index (χ2v) is 6.73. The van der Waals surface area contributed by atoms with Gasteiger partial charge in [0.05, 0.1) is 4.47 Å². The summed E-state index contributed by atoms with van der Waals surface area (Å²) in [5.41, 5.74) is 0.415. The molecule has 116 valence electrons. The van der Waals surface area contributed by atoms with Crippen LogP contribution in [0.3, 0.4) is 0 Å². The smallest absolute Gasteiger partial charge is 0.254 e. The normalized spacial score (nSPS) is 16.2. The van der Waals surface area contributed by atoms with Crippen LogP contribution in [0.5, 0.6) is 0 Å². The fourth-order valence-electron chi connectivity index (χ4n) is 2.67. The second kappa shape index (κ2) is 7.36. The summed E-state index contributed by atoms with van der Waals surface area (Å²) in [4.78, 5) is 14.5. The van der Waals surface area contributed by atoms with E-state index in [2.05, 4.69) is 21.2 Å². The molecule has 1 saturated heterocycles. The SMILES string of the molecule is CC(C)N(CC1CCNCC1)C(=O)c1ccc(Br)c(F)c1. The lowest BCUT2D eigenvalue weighted by Gasteiger charge is -2.33. The van der Waals surface area contributed by atoms with Crippen molar-refractivity contribution in [2.24, 2.45) is 5.92 Å². The van der Waals surface area contributed by atoms with Crippen molar-refractivity contribution in [3.8, 4) is 0 Å². The van der Waals surface area contributed by atoms with Gasteiger partial charge in [-0.3, -0.25) is 4.79 Å². The largest absolute Gasteiger partial charge is 0.336 e. The van der Waals surface area contributed by atoms with Gasteiger partial charge in [-0.1, -0.05) is 0 Å². The van der Waals surface area contributed by atoms with E-state index in [0.717, 1.165) is 32.5 Å². The summed E-state index contributed by atoms with van der Waals surface area (Å²) in [5.74, 6) is 0.0410. The van der Waals surface area contributed by atoms with E-state index >= 15 is 0 Å². The highest BCUT2D eigenvalue weighted by Gasteiger charge is 2.24. The van der Waals surface area contributed by atoms with Crippen LogP contribution in [-0.2, 0) is 0 Å². The molecule has 1 N–H and O–H groups in total. The highest BCUT2D eigenvalue weighted by molar-refractivity contribution is 9.10. The summed E-state index contributed by atoms with van der Waals surface area (Å²) in [6.07, 6.45) is 2.18. The molecule has 1 fully saturated rings. The Hall–Kier alpha value is -0.940. The van der Waals surface area contributed by atoms with Gasteiger partial charge in [-0.15, -0.1) is 0 Å². The van der Waals surface area contributed by atoms with Crippen molar-refractivity contribution in [3.05, 3.63) is 34.1 Å². The molecular weight excluding hydrogens is 335 g/mol. The van der Waals surface area contributed by atoms with Crippen LogP contribution in [0.1, 0.15) is 37.0 Å². The van der Waals surface area contributed by atoms with Gasteiger partial charge in [-0.05, 0) is 79.8 Å². The number of carbonyl (C=O) groups is 1. The summed E-state index contributed by atoms with van der Waals surface area (Å²) in [7, 11) is 0. The predicted molar refractivity (Wildman–Crippen MR) is 85.9 cm³/mol.